The SMILES string of the molecule is N[C@@H](CCCCN(CC(=O)O)c1cc(C2Oc3cc(O)cc(O)c3CC2O)cc(O)c1O)C(=O)O. The lowest BCUT2D eigenvalue weighted by Gasteiger charge is -2.32. The fourth-order valence-corrected chi connectivity index (χ4v) is 4.02. The van der Waals surface area contributed by atoms with E-state index in [0.717, 1.165) is 6.07 Å². The van der Waals surface area contributed by atoms with Crippen LogP contribution in [-0.2, 0) is 16.0 Å². The molecule has 2 unspecified atom stereocenters. The zero-order chi connectivity index (χ0) is 25.9. The number of aromatic hydroxyl groups is 4. The molecule has 12 nitrogen and oxygen atoms in total. The summed E-state index contributed by atoms with van der Waals surface area (Å²) in [5.41, 5.74) is 5.98. The molecule has 0 spiro atoms. The number of hydrogen-bond acceptors (Lipinski definition) is 10. The number of rotatable bonds is 10. The minimum atomic E-state index is -1.20. The van der Waals surface area contributed by atoms with E-state index in [1.54, 1.807) is 0 Å². The van der Waals surface area contributed by atoms with E-state index in [4.69, 9.17) is 15.6 Å². The predicted octanol–water partition coefficient (Wildman–Crippen LogP) is 1.02. The Hall–Kier alpha value is -3.90. The average Bonchev–Trinajstić information content (AvgIpc) is 2.77. The van der Waals surface area contributed by atoms with Crippen LogP contribution in [0.5, 0.6) is 28.7 Å². The summed E-state index contributed by atoms with van der Waals surface area (Å²) in [6.07, 6.45) is -1.34. The van der Waals surface area contributed by atoms with Crippen LogP contribution in [0.1, 0.15) is 36.5 Å². The monoisotopic (exact) mass is 492 g/mol. The van der Waals surface area contributed by atoms with Gasteiger partial charge in [0.25, 0.3) is 0 Å². The molecule has 0 bridgehead atoms. The second-order valence-electron chi connectivity index (χ2n) is 8.42. The zero-order valence-electron chi connectivity index (χ0n) is 18.7. The number of ether oxygens (including phenoxy) is 1. The lowest BCUT2D eigenvalue weighted by atomic mass is 9.93. The molecule has 0 fully saturated rings. The molecule has 1 aliphatic heterocycles. The second kappa shape index (κ2) is 10.6. The van der Waals surface area contributed by atoms with E-state index in [1.807, 2.05) is 0 Å². The van der Waals surface area contributed by atoms with Gasteiger partial charge in [0.05, 0.1) is 11.8 Å². The summed E-state index contributed by atoms with van der Waals surface area (Å²) in [7, 11) is 0. The van der Waals surface area contributed by atoms with Crippen molar-refractivity contribution in [2.24, 2.45) is 5.73 Å². The Kier molecular flexibility index (Phi) is 7.77. The highest BCUT2D eigenvalue weighted by atomic mass is 16.5. The Bertz CT molecular complexity index is 1110. The normalized spacial score (nSPS) is 17.8. The summed E-state index contributed by atoms with van der Waals surface area (Å²) in [5, 5.41) is 69.5. The van der Waals surface area contributed by atoms with E-state index < -0.39 is 48.2 Å². The van der Waals surface area contributed by atoms with Gasteiger partial charge in [0, 0.05) is 36.2 Å². The molecule has 0 radical (unpaired) electrons. The van der Waals surface area contributed by atoms with Gasteiger partial charge in [-0.25, -0.2) is 0 Å². The van der Waals surface area contributed by atoms with Gasteiger partial charge in [-0.1, -0.05) is 0 Å². The molecule has 190 valence electrons. The average molecular weight is 492 g/mol. The first-order valence-electron chi connectivity index (χ1n) is 10.9. The molecule has 0 saturated carbocycles. The molecule has 12 heteroatoms. The van der Waals surface area contributed by atoms with E-state index in [1.165, 1.54) is 23.1 Å². The molecule has 1 aliphatic rings. The number of carboxylic acid groups (broad SMARTS) is 2. The molecule has 35 heavy (non-hydrogen) atoms. The van der Waals surface area contributed by atoms with Crippen molar-refractivity contribution in [3.05, 3.63) is 35.4 Å². The summed E-state index contributed by atoms with van der Waals surface area (Å²) in [6, 6.07) is 3.89. The smallest absolute Gasteiger partial charge is 0.323 e. The van der Waals surface area contributed by atoms with E-state index in [-0.39, 0.29) is 47.9 Å². The summed E-state index contributed by atoms with van der Waals surface area (Å²) in [6.45, 7) is -0.423. The first-order valence-corrected chi connectivity index (χ1v) is 10.9. The van der Waals surface area contributed by atoms with Crippen molar-refractivity contribution < 1.29 is 50.1 Å². The lowest BCUT2D eigenvalue weighted by molar-refractivity contribution is -0.138. The minimum Gasteiger partial charge on any atom is -0.508 e. The molecule has 2 aromatic rings. The fourth-order valence-electron chi connectivity index (χ4n) is 4.02. The highest BCUT2D eigenvalue weighted by Gasteiger charge is 2.33. The number of carbonyl (C=O) groups is 2. The largest absolute Gasteiger partial charge is 0.508 e. The molecule has 2 aromatic carbocycles. The van der Waals surface area contributed by atoms with Crippen LogP contribution in [0.3, 0.4) is 0 Å². The highest BCUT2D eigenvalue weighted by molar-refractivity contribution is 5.76. The van der Waals surface area contributed by atoms with Crippen molar-refractivity contribution in [2.75, 3.05) is 18.0 Å². The third-order valence-corrected chi connectivity index (χ3v) is 5.78. The van der Waals surface area contributed by atoms with Crippen LogP contribution in [0.2, 0.25) is 0 Å². The number of nitrogens with zero attached hydrogens (tertiary/aromatic N) is 1. The van der Waals surface area contributed by atoms with E-state index >= 15 is 0 Å². The molecule has 0 amide bonds. The van der Waals surface area contributed by atoms with Gasteiger partial charge in [0.15, 0.2) is 17.6 Å². The number of aliphatic hydroxyl groups is 1. The first kappa shape index (κ1) is 25.7. The van der Waals surface area contributed by atoms with Gasteiger partial charge < -0.3 is 51.1 Å². The van der Waals surface area contributed by atoms with Crippen LogP contribution < -0.4 is 15.4 Å². The Labute approximate surface area is 200 Å². The quantitative estimate of drug-likeness (QED) is 0.172. The van der Waals surface area contributed by atoms with Crippen molar-refractivity contribution >= 4 is 17.6 Å². The van der Waals surface area contributed by atoms with Crippen molar-refractivity contribution in [1.82, 2.24) is 0 Å². The number of unbranched alkanes of at least 4 members (excludes halogenated alkanes) is 1. The van der Waals surface area contributed by atoms with Gasteiger partial charge in [-0.2, -0.15) is 0 Å². The number of aliphatic hydroxyl groups excluding tert-OH is 1. The van der Waals surface area contributed by atoms with Crippen LogP contribution in [0, 0.1) is 0 Å². The summed E-state index contributed by atoms with van der Waals surface area (Å²) >= 11 is 0. The third kappa shape index (κ3) is 5.97. The van der Waals surface area contributed by atoms with Crippen molar-refractivity contribution in [1.29, 1.82) is 0 Å². The predicted molar refractivity (Wildman–Crippen MR) is 122 cm³/mol. The minimum absolute atomic E-state index is 0.0221. The number of nitrogens with two attached hydrogens (primary N) is 1. The Morgan fingerprint density at radius 2 is 1.77 bits per heavy atom. The third-order valence-electron chi connectivity index (χ3n) is 5.78. The zero-order valence-corrected chi connectivity index (χ0v) is 18.7. The Morgan fingerprint density at radius 3 is 2.43 bits per heavy atom. The molecule has 9 N–H and O–H groups in total. The van der Waals surface area contributed by atoms with Gasteiger partial charge >= 0.3 is 11.9 Å². The van der Waals surface area contributed by atoms with Gasteiger partial charge in [0.1, 0.15) is 29.8 Å². The van der Waals surface area contributed by atoms with Crippen molar-refractivity contribution in [3.63, 3.8) is 0 Å². The molecular formula is C23H28N2O10. The maximum Gasteiger partial charge on any atom is 0.323 e. The number of benzene rings is 2. The Balaban J connectivity index is 1.88. The van der Waals surface area contributed by atoms with E-state index in [0.29, 0.717) is 18.4 Å². The van der Waals surface area contributed by atoms with Crippen molar-refractivity contribution in [3.8, 4) is 28.7 Å². The lowest BCUT2D eigenvalue weighted by Crippen LogP contribution is -2.33. The number of carboxylic acids is 2. The maximum atomic E-state index is 11.5. The van der Waals surface area contributed by atoms with Crippen LogP contribution >= 0.6 is 0 Å². The summed E-state index contributed by atoms with van der Waals surface area (Å²) in [5.74, 6) is -3.85. The maximum absolute atomic E-state index is 11.5. The topological polar surface area (TPSA) is 214 Å². The molecule has 0 saturated heterocycles. The molecule has 3 atom stereocenters. The second-order valence-corrected chi connectivity index (χ2v) is 8.42. The summed E-state index contributed by atoms with van der Waals surface area (Å²) in [4.78, 5) is 23.6. The van der Waals surface area contributed by atoms with Crippen LogP contribution in [-0.4, -0.2) is 72.9 Å². The van der Waals surface area contributed by atoms with Crippen LogP contribution in [0.4, 0.5) is 5.69 Å². The number of phenolic OH excluding ortho intramolecular Hbond substituents is 4. The highest BCUT2D eigenvalue weighted by Crippen LogP contribution is 2.45. The Morgan fingerprint density at radius 1 is 1.06 bits per heavy atom. The molecular weight excluding hydrogens is 464 g/mol. The van der Waals surface area contributed by atoms with E-state index in [9.17, 15) is 40.2 Å². The standard InChI is InChI=1S/C23H28N2O10/c24-14(23(33)34)3-1-2-4-25(10-20(30)31)15-5-11(6-17(28)21(15)32)22-18(29)9-13-16(27)7-12(26)8-19(13)35-22/h5-8,14,18,22,26-29,32H,1-4,9-10,24H2,(H,30,31)(H,33,34)/t14-,18?,22?/m0/s1. The number of phenols is 4. The number of aliphatic carboxylic acids is 2. The molecule has 0 aliphatic carbocycles. The molecule has 0 aromatic heterocycles. The van der Waals surface area contributed by atoms with Gasteiger partial charge in [-0.15, -0.1) is 0 Å². The summed E-state index contributed by atoms with van der Waals surface area (Å²) < 4.78 is 5.78. The van der Waals surface area contributed by atoms with Gasteiger partial charge in [0.2, 0.25) is 0 Å². The molecule has 3 rings (SSSR count). The van der Waals surface area contributed by atoms with Crippen LogP contribution in [0.25, 0.3) is 0 Å². The van der Waals surface area contributed by atoms with Crippen molar-refractivity contribution in [2.45, 2.75) is 43.9 Å². The van der Waals surface area contributed by atoms with Gasteiger partial charge in [-0.05, 0) is 31.4 Å². The number of hydrogen-bond donors (Lipinski definition) is 8. The fraction of sp³-hybridized carbons (Fsp3) is 0.391. The first-order chi connectivity index (χ1) is 16.5. The number of anilines is 1. The van der Waals surface area contributed by atoms with Crippen LogP contribution in [0.15, 0.2) is 24.3 Å². The number of fused-ring (bicyclic) bond motifs is 1. The van der Waals surface area contributed by atoms with E-state index in [2.05, 4.69) is 0 Å². The molecule has 1 heterocycles. The van der Waals surface area contributed by atoms with Gasteiger partial charge in [-0.3, -0.25) is 9.59 Å².